The third-order valence-corrected chi connectivity index (χ3v) is 7.37. The van der Waals surface area contributed by atoms with Crippen molar-refractivity contribution in [1.82, 2.24) is 9.62 Å². The molecule has 2 aliphatic heterocycles. The minimum Gasteiger partial charge on any atom is -0.449 e. The number of nitrogens with zero attached hydrogens (tertiary/aromatic N) is 2. The summed E-state index contributed by atoms with van der Waals surface area (Å²) >= 11 is 0. The van der Waals surface area contributed by atoms with E-state index in [1.807, 2.05) is 0 Å². The van der Waals surface area contributed by atoms with Crippen LogP contribution in [0.25, 0.3) is 0 Å². The van der Waals surface area contributed by atoms with E-state index in [-0.39, 0.29) is 34.6 Å². The maximum absolute atomic E-state index is 12.4. The van der Waals surface area contributed by atoms with E-state index in [4.69, 9.17) is 4.74 Å². The first-order valence-corrected chi connectivity index (χ1v) is 13.1. The van der Waals surface area contributed by atoms with E-state index in [2.05, 4.69) is 14.4 Å². The van der Waals surface area contributed by atoms with Gasteiger partial charge in [0.1, 0.15) is 5.84 Å². The number of ether oxygens (including phenoxy) is 1. The summed E-state index contributed by atoms with van der Waals surface area (Å²) in [4.78, 5) is 26.4. The molecule has 0 saturated carbocycles. The quantitative estimate of drug-likeness (QED) is 0.525. The molecular formula is C20H24N4O7S2. The fourth-order valence-electron chi connectivity index (χ4n) is 2.94. The first kappa shape index (κ1) is 24.6. The first-order chi connectivity index (χ1) is 15.4. The minimum atomic E-state index is -3.65. The maximum Gasteiger partial charge on any atom is 0.340 e. The molecule has 13 heteroatoms. The van der Waals surface area contributed by atoms with Crippen molar-refractivity contribution >= 4 is 43.4 Å². The number of carbonyl (C=O) groups is 2. The van der Waals surface area contributed by atoms with E-state index < -0.39 is 38.0 Å². The van der Waals surface area contributed by atoms with Crippen molar-refractivity contribution in [3.63, 3.8) is 0 Å². The molecule has 2 N–H and O–H groups in total. The molecule has 0 fully saturated rings. The first-order valence-electron chi connectivity index (χ1n) is 10.00. The molecule has 33 heavy (non-hydrogen) atoms. The predicted molar refractivity (Wildman–Crippen MR) is 121 cm³/mol. The Morgan fingerprint density at radius 3 is 2.42 bits per heavy atom. The van der Waals surface area contributed by atoms with Gasteiger partial charge in [0, 0.05) is 24.5 Å². The van der Waals surface area contributed by atoms with Gasteiger partial charge in [-0.3, -0.25) is 4.79 Å². The Bertz CT molecular complexity index is 1250. The Morgan fingerprint density at radius 2 is 1.79 bits per heavy atom. The Labute approximate surface area is 192 Å². The van der Waals surface area contributed by atoms with E-state index in [1.54, 1.807) is 13.8 Å². The van der Waals surface area contributed by atoms with Gasteiger partial charge in [0.2, 0.25) is 10.0 Å². The van der Waals surface area contributed by atoms with Crippen molar-refractivity contribution in [1.29, 1.82) is 0 Å². The highest BCUT2D eigenvalue weighted by atomic mass is 32.2. The van der Waals surface area contributed by atoms with Crippen LogP contribution in [0.15, 0.2) is 57.5 Å². The number of hydrogen-bond donors (Lipinski definition) is 2. The van der Waals surface area contributed by atoms with Gasteiger partial charge in [-0.15, -0.1) is 4.40 Å². The molecule has 0 bridgehead atoms. The predicted octanol–water partition coefficient (Wildman–Crippen LogP) is 0.741. The van der Waals surface area contributed by atoms with Crippen LogP contribution < -0.4 is 10.0 Å². The monoisotopic (exact) mass is 496 g/mol. The summed E-state index contributed by atoms with van der Waals surface area (Å²) in [5, 5.41) is 2.56. The lowest BCUT2D eigenvalue weighted by molar-refractivity contribution is -0.149. The number of anilines is 1. The van der Waals surface area contributed by atoms with Gasteiger partial charge in [-0.05, 0) is 57.2 Å². The minimum absolute atomic E-state index is 0.0538. The number of esters is 1. The number of benzene rings is 1. The molecule has 3 rings (SSSR count). The van der Waals surface area contributed by atoms with Crippen LogP contribution in [0.5, 0.6) is 0 Å². The summed E-state index contributed by atoms with van der Waals surface area (Å²) in [6.45, 7) is 4.96. The molecule has 1 amide bonds. The summed E-state index contributed by atoms with van der Waals surface area (Å²) in [5.41, 5.74) is 0.471. The second-order valence-corrected chi connectivity index (χ2v) is 11.2. The zero-order valence-electron chi connectivity index (χ0n) is 18.2. The molecule has 0 saturated heterocycles. The zero-order valence-corrected chi connectivity index (χ0v) is 19.8. The second kappa shape index (κ2) is 9.45. The number of amides is 1. The lowest BCUT2D eigenvalue weighted by Gasteiger charge is -2.27. The lowest BCUT2D eigenvalue weighted by atomic mass is 10.2. The molecule has 2 heterocycles. The fourth-order valence-corrected chi connectivity index (χ4v) is 5.16. The number of nitrogens with one attached hydrogen (secondary N) is 2. The Balaban J connectivity index is 1.59. The van der Waals surface area contributed by atoms with Gasteiger partial charge in [0.25, 0.3) is 15.9 Å². The molecule has 11 nitrogen and oxygen atoms in total. The molecule has 1 aromatic carbocycles. The van der Waals surface area contributed by atoms with Gasteiger partial charge < -0.3 is 15.0 Å². The number of rotatable bonds is 7. The van der Waals surface area contributed by atoms with Crippen LogP contribution in [-0.2, 0) is 34.4 Å². The number of carbonyl (C=O) groups excluding carboxylic acids is 2. The highest BCUT2D eigenvalue weighted by Gasteiger charge is 2.27. The molecule has 0 spiro atoms. The SMILES string of the molecule is CC(C)NS(=O)(=O)c1ccc(NC(=O)C(C)OC(=O)C2=CN3CCS(=O)(=O)N=C3C=C2)cc1. The lowest BCUT2D eigenvalue weighted by Crippen LogP contribution is -2.37. The number of hydrogen-bond acceptors (Lipinski definition) is 8. The Kier molecular flexibility index (Phi) is 7.05. The maximum atomic E-state index is 12.4. The molecule has 2 aliphatic rings. The van der Waals surface area contributed by atoms with Gasteiger partial charge in [0.15, 0.2) is 6.10 Å². The molecule has 0 aliphatic carbocycles. The topological polar surface area (TPSA) is 151 Å². The third kappa shape index (κ3) is 6.27. The van der Waals surface area contributed by atoms with Gasteiger partial charge in [-0.2, -0.15) is 0 Å². The van der Waals surface area contributed by atoms with Crippen LogP contribution in [-0.4, -0.2) is 63.9 Å². The Morgan fingerprint density at radius 1 is 1.12 bits per heavy atom. The normalized spacial score (nSPS) is 18.1. The summed E-state index contributed by atoms with van der Waals surface area (Å²) in [6, 6.07) is 5.30. The molecule has 1 atom stereocenters. The third-order valence-electron chi connectivity index (χ3n) is 4.54. The van der Waals surface area contributed by atoms with Crippen LogP contribution in [0, 0.1) is 0 Å². The molecule has 0 radical (unpaired) electrons. The smallest absolute Gasteiger partial charge is 0.340 e. The summed E-state index contributed by atoms with van der Waals surface area (Å²) in [5.74, 6) is -1.33. The van der Waals surface area contributed by atoms with E-state index in [1.165, 1.54) is 54.4 Å². The van der Waals surface area contributed by atoms with Crippen molar-refractivity contribution in [3.05, 3.63) is 48.2 Å². The van der Waals surface area contributed by atoms with E-state index >= 15 is 0 Å². The molecule has 0 aromatic heterocycles. The largest absolute Gasteiger partial charge is 0.449 e. The molecule has 178 valence electrons. The van der Waals surface area contributed by atoms with Gasteiger partial charge in [-0.1, -0.05) is 0 Å². The van der Waals surface area contributed by atoms with Gasteiger partial charge in [0.05, 0.1) is 16.2 Å². The van der Waals surface area contributed by atoms with Crippen molar-refractivity contribution in [2.75, 3.05) is 17.6 Å². The van der Waals surface area contributed by atoms with Crippen molar-refractivity contribution in [3.8, 4) is 0 Å². The van der Waals surface area contributed by atoms with E-state index in [0.29, 0.717) is 5.69 Å². The number of sulfonamides is 2. The van der Waals surface area contributed by atoms with Crippen LogP contribution in [0.2, 0.25) is 0 Å². The highest BCUT2D eigenvalue weighted by molar-refractivity contribution is 7.90. The van der Waals surface area contributed by atoms with Crippen LogP contribution in [0.1, 0.15) is 20.8 Å². The highest BCUT2D eigenvalue weighted by Crippen LogP contribution is 2.18. The van der Waals surface area contributed by atoms with Crippen LogP contribution in [0.3, 0.4) is 0 Å². The van der Waals surface area contributed by atoms with E-state index in [0.717, 1.165) is 0 Å². The van der Waals surface area contributed by atoms with Crippen LogP contribution in [0.4, 0.5) is 5.69 Å². The Hall–Kier alpha value is -3.03. The average Bonchev–Trinajstić information content (AvgIpc) is 2.72. The van der Waals surface area contributed by atoms with Crippen molar-refractivity contribution < 1.29 is 31.2 Å². The van der Waals surface area contributed by atoms with Gasteiger partial charge in [-0.25, -0.2) is 26.4 Å². The summed E-state index contributed by atoms with van der Waals surface area (Å²) in [6.07, 6.45) is 3.04. The van der Waals surface area contributed by atoms with Crippen LogP contribution >= 0.6 is 0 Å². The summed E-state index contributed by atoms with van der Waals surface area (Å²) in [7, 11) is -7.16. The van der Waals surface area contributed by atoms with Crippen molar-refractivity contribution in [2.45, 2.75) is 37.8 Å². The van der Waals surface area contributed by atoms with E-state index in [9.17, 15) is 26.4 Å². The average molecular weight is 497 g/mol. The number of fused-ring (bicyclic) bond motifs is 1. The van der Waals surface area contributed by atoms with Gasteiger partial charge >= 0.3 is 5.97 Å². The van der Waals surface area contributed by atoms with Crippen molar-refractivity contribution in [2.24, 2.45) is 4.40 Å². The summed E-state index contributed by atoms with van der Waals surface area (Å²) < 4.78 is 58.8. The molecule has 1 unspecified atom stereocenters. The fraction of sp³-hybridized carbons (Fsp3) is 0.350. The number of amidine groups is 1. The second-order valence-electron chi connectivity index (χ2n) is 7.68. The zero-order chi connectivity index (χ0) is 24.4. The standard InChI is InChI=1S/C20H24N4O7S2/c1-13(2)22-33(29,30)17-7-5-16(6-8-17)21-19(25)14(3)31-20(26)15-4-9-18-23-32(27,28)11-10-24(18)12-15/h4-9,12-14,22H,10-11H2,1-3H3,(H,21,25). The molecular weight excluding hydrogens is 472 g/mol. The molecule has 1 aromatic rings.